The fourth-order valence-electron chi connectivity index (χ4n) is 2.22. The van der Waals surface area contributed by atoms with Crippen molar-refractivity contribution in [2.45, 2.75) is 36.7 Å². The van der Waals surface area contributed by atoms with E-state index in [1.165, 1.54) is 12.1 Å². The van der Waals surface area contributed by atoms with E-state index >= 15 is 0 Å². The summed E-state index contributed by atoms with van der Waals surface area (Å²) in [6.45, 7) is 1.04. The third kappa shape index (κ3) is 4.23. The predicted molar refractivity (Wildman–Crippen MR) is 84.3 cm³/mol. The molecule has 3 N–H and O–H groups in total. The normalized spacial score (nSPS) is 19.6. The molecule has 1 atom stereocenters. The molecule has 1 aromatic rings. The molecule has 21 heavy (non-hydrogen) atoms. The largest absolute Gasteiger partial charge is 0.396 e. The monoisotopic (exact) mass is 352 g/mol. The van der Waals surface area contributed by atoms with E-state index < -0.39 is 10.0 Å². The molecule has 1 aromatic carbocycles. The standard InChI is InChI=1S/C13H18Cl2N2O3S/c14-10-4-5-11(12(15)13(10)16)21(18,19)17-7-6-9-3-1-2-8-20-9/h4-5,9,17H,1-3,6-8,16H2. The van der Waals surface area contributed by atoms with Crippen molar-refractivity contribution >= 4 is 38.9 Å². The molecule has 1 heterocycles. The predicted octanol–water partition coefficient (Wildman–Crippen LogP) is 2.81. The van der Waals surface area contributed by atoms with E-state index in [1.54, 1.807) is 0 Å². The summed E-state index contributed by atoms with van der Waals surface area (Å²) in [5, 5.41) is 0.179. The Kier molecular flexibility index (Phi) is 5.73. The number of sulfonamides is 1. The van der Waals surface area contributed by atoms with Crippen molar-refractivity contribution in [2.75, 3.05) is 18.9 Å². The van der Waals surface area contributed by atoms with E-state index in [0.717, 1.165) is 25.9 Å². The van der Waals surface area contributed by atoms with Crippen molar-refractivity contribution in [3.8, 4) is 0 Å². The summed E-state index contributed by atoms with van der Waals surface area (Å²) in [6.07, 6.45) is 3.92. The Labute approximate surface area is 134 Å². The molecule has 1 aliphatic heterocycles. The van der Waals surface area contributed by atoms with Crippen LogP contribution in [0.3, 0.4) is 0 Å². The molecule has 5 nitrogen and oxygen atoms in total. The van der Waals surface area contributed by atoms with Crippen molar-refractivity contribution in [2.24, 2.45) is 0 Å². The summed E-state index contributed by atoms with van der Waals surface area (Å²) in [5.74, 6) is 0. The number of hydrogen-bond donors (Lipinski definition) is 2. The van der Waals surface area contributed by atoms with Gasteiger partial charge >= 0.3 is 0 Å². The third-order valence-electron chi connectivity index (χ3n) is 3.41. The van der Waals surface area contributed by atoms with E-state index in [1.807, 2.05) is 0 Å². The quantitative estimate of drug-likeness (QED) is 0.798. The van der Waals surface area contributed by atoms with Crippen LogP contribution in [0.5, 0.6) is 0 Å². The molecular formula is C13H18Cl2N2O3S. The van der Waals surface area contributed by atoms with Crippen LogP contribution in [-0.2, 0) is 14.8 Å². The maximum Gasteiger partial charge on any atom is 0.242 e. The lowest BCUT2D eigenvalue weighted by molar-refractivity contribution is 0.0123. The molecule has 8 heteroatoms. The average molecular weight is 353 g/mol. The molecule has 0 aromatic heterocycles. The summed E-state index contributed by atoms with van der Waals surface area (Å²) >= 11 is 11.8. The fraction of sp³-hybridized carbons (Fsp3) is 0.538. The summed E-state index contributed by atoms with van der Waals surface area (Å²) in [7, 11) is -3.71. The van der Waals surface area contributed by atoms with Gasteiger partial charge in [0.15, 0.2) is 0 Å². The Morgan fingerprint density at radius 1 is 1.33 bits per heavy atom. The van der Waals surface area contributed by atoms with Crippen molar-refractivity contribution in [1.29, 1.82) is 0 Å². The minimum Gasteiger partial charge on any atom is -0.396 e. The minimum atomic E-state index is -3.71. The number of hydrogen-bond acceptors (Lipinski definition) is 4. The zero-order chi connectivity index (χ0) is 15.5. The van der Waals surface area contributed by atoms with E-state index in [0.29, 0.717) is 13.0 Å². The van der Waals surface area contributed by atoms with Gasteiger partial charge in [-0.2, -0.15) is 0 Å². The SMILES string of the molecule is Nc1c(Cl)ccc(S(=O)(=O)NCCC2CCCCO2)c1Cl. The van der Waals surface area contributed by atoms with Gasteiger partial charge in [-0.15, -0.1) is 0 Å². The maximum atomic E-state index is 12.2. The first-order chi connectivity index (χ1) is 9.92. The highest BCUT2D eigenvalue weighted by atomic mass is 35.5. The Morgan fingerprint density at radius 3 is 2.76 bits per heavy atom. The van der Waals surface area contributed by atoms with Crippen molar-refractivity contribution in [3.63, 3.8) is 0 Å². The summed E-state index contributed by atoms with van der Waals surface area (Å²) < 4.78 is 32.5. The molecule has 0 saturated carbocycles. The Bertz CT molecular complexity index is 602. The van der Waals surface area contributed by atoms with E-state index in [2.05, 4.69) is 4.72 Å². The van der Waals surface area contributed by atoms with Crippen LogP contribution in [-0.4, -0.2) is 27.7 Å². The van der Waals surface area contributed by atoms with Crippen LogP contribution >= 0.6 is 23.2 Å². The van der Waals surface area contributed by atoms with Gasteiger partial charge in [-0.25, -0.2) is 13.1 Å². The molecule has 1 unspecified atom stereocenters. The third-order valence-corrected chi connectivity index (χ3v) is 5.77. The Morgan fingerprint density at radius 2 is 2.10 bits per heavy atom. The van der Waals surface area contributed by atoms with Crippen LogP contribution in [0, 0.1) is 0 Å². The second-order valence-electron chi connectivity index (χ2n) is 4.95. The molecular weight excluding hydrogens is 335 g/mol. The molecule has 0 amide bonds. The molecule has 0 spiro atoms. The first-order valence-corrected chi connectivity index (χ1v) is 9.00. The number of nitrogen functional groups attached to an aromatic ring is 1. The molecule has 118 valence electrons. The van der Waals surface area contributed by atoms with Gasteiger partial charge in [0.2, 0.25) is 10.0 Å². The summed E-state index contributed by atoms with van der Waals surface area (Å²) in [6, 6.07) is 2.77. The van der Waals surface area contributed by atoms with Gasteiger partial charge in [0.1, 0.15) is 4.90 Å². The zero-order valence-corrected chi connectivity index (χ0v) is 13.8. The molecule has 0 aliphatic carbocycles. The van der Waals surface area contributed by atoms with E-state index in [9.17, 15) is 8.42 Å². The fourth-order valence-corrected chi connectivity index (χ4v) is 4.03. The summed E-state index contributed by atoms with van der Waals surface area (Å²) in [5.41, 5.74) is 5.72. The number of rotatable bonds is 5. The average Bonchev–Trinajstić information content (AvgIpc) is 2.45. The zero-order valence-electron chi connectivity index (χ0n) is 11.4. The number of nitrogens with one attached hydrogen (secondary N) is 1. The molecule has 2 rings (SSSR count). The van der Waals surface area contributed by atoms with Gasteiger partial charge in [0, 0.05) is 13.2 Å². The molecule has 0 radical (unpaired) electrons. The van der Waals surface area contributed by atoms with Crippen molar-refractivity contribution in [1.82, 2.24) is 4.72 Å². The second-order valence-corrected chi connectivity index (χ2v) is 7.47. The lowest BCUT2D eigenvalue weighted by Crippen LogP contribution is -2.29. The highest BCUT2D eigenvalue weighted by Crippen LogP contribution is 2.32. The number of ether oxygens (including phenoxy) is 1. The van der Waals surface area contributed by atoms with Crippen molar-refractivity contribution in [3.05, 3.63) is 22.2 Å². The van der Waals surface area contributed by atoms with E-state index in [-0.39, 0.29) is 26.7 Å². The Hall–Kier alpha value is -0.530. The summed E-state index contributed by atoms with van der Waals surface area (Å²) in [4.78, 5) is -0.0596. The highest BCUT2D eigenvalue weighted by Gasteiger charge is 2.21. The van der Waals surface area contributed by atoms with Gasteiger partial charge < -0.3 is 10.5 Å². The van der Waals surface area contributed by atoms with Crippen LogP contribution in [0.2, 0.25) is 10.0 Å². The molecule has 1 fully saturated rings. The molecule has 1 saturated heterocycles. The van der Waals surface area contributed by atoms with Crippen LogP contribution < -0.4 is 10.5 Å². The number of nitrogens with two attached hydrogens (primary N) is 1. The van der Waals surface area contributed by atoms with Gasteiger partial charge in [-0.3, -0.25) is 0 Å². The number of halogens is 2. The van der Waals surface area contributed by atoms with Gasteiger partial charge in [-0.05, 0) is 37.8 Å². The second kappa shape index (κ2) is 7.15. The Balaban J connectivity index is 2.00. The van der Waals surface area contributed by atoms with E-state index in [4.69, 9.17) is 33.7 Å². The number of benzene rings is 1. The molecule has 1 aliphatic rings. The van der Waals surface area contributed by atoms with Gasteiger partial charge in [0.25, 0.3) is 0 Å². The maximum absolute atomic E-state index is 12.2. The topological polar surface area (TPSA) is 81.4 Å². The van der Waals surface area contributed by atoms with Crippen LogP contribution in [0.15, 0.2) is 17.0 Å². The van der Waals surface area contributed by atoms with Crippen LogP contribution in [0.25, 0.3) is 0 Å². The van der Waals surface area contributed by atoms with Gasteiger partial charge in [0.05, 0.1) is 21.8 Å². The van der Waals surface area contributed by atoms with Crippen LogP contribution in [0.4, 0.5) is 5.69 Å². The first kappa shape index (κ1) is 16.8. The number of anilines is 1. The minimum absolute atomic E-state index is 0.0519. The lowest BCUT2D eigenvalue weighted by Gasteiger charge is -2.22. The van der Waals surface area contributed by atoms with Crippen LogP contribution in [0.1, 0.15) is 25.7 Å². The lowest BCUT2D eigenvalue weighted by atomic mass is 10.1. The molecule has 0 bridgehead atoms. The van der Waals surface area contributed by atoms with Crippen molar-refractivity contribution < 1.29 is 13.2 Å². The highest BCUT2D eigenvalue weighted by molar-refractivity contribution is 7.89. The smallest absolute Gasteiger partial charge is 0.242 e. The first-order valence-electron chi connectivity index (χ1n) is 6.76. The van der Waals surface area contributed by atoms with Gasteiger partial charge in [-0.1, -0.05) is 23.2 Å².